The molecule has 2 rings (SSSR count). The Morgan fingerprint density at radius 1 is 1.00 bits per heavy atom. The zero-order valence-electron chi connectivity index (χ0n) is 14.5. The predicted molar refractivity (Wildman–Crippen MR) is 100.0 cm³/mol. The highest BCUT2D eigenvalue weighted by Crippen LogP contribution is 2.29. The average Bonchev–Trinajstić information content (AvgIpc) is 2.60. The normalized spacial score (nSPS) is 10.5. The maximum atomic E-state index is 12.1. The molecule has 0 atom stereocenters. The number of carbonyl (C=O) groups excluding carboxylic acids is 2. The van der Waals surface area contributed by atoms with Gasteiger partial charge in [0.2, 0.25) is 5.91 Å². The van der Waals surface area contributed by atoms with Gasteiger partial charge in [0.1, 0.15) is 5.75 Å². The number of nitrogens with one attached hydrogen (secondary N) is 1. The van der Waals surface area contributed by atoms with Gasteiger partial charge < -0.3 is 19.5 Å². The lowest BCUT2D eigenvalue weighted by Crippen LogP contribution is -2.07. The third-order valence-corrected chi connectivity index (χ3v) is 3.58. The van der Waals surface area contributed by atoms with Crippen molar-refractivity contribution in [3.63, 3.8) is 0 Å². The first-order chi connectivity index (χ1) is 12.4. The Kier molecular flexibility index (Phi) is 6.63. The first-order valence-corrected chi connectivity index (χ1v) is 7.99. The second-order valence-electron chi connectivity index (χ2n) is 5.18. The molecule has 0 aliphatic carbocycles. The topological polar surface area (TPSA) is 73.9 Å². The number of hydrogen-bond donors (Lipinski definition) is 1. The molecule has 26 heavy (non-hydrogen) atoms. The molecule has 0 radical (unpaired) electrons. The van der Waals surface area contributed by atoms with E-state index in [-0.39, 0.29) is 11.7 Å². The zero-order chi connectivity index (χ0) is 19.1. The van der Waals surface area contributed by atoms with E-state index in [1.165, 1.54) is 27.2 Å². The minimum Gasteiger partial charge on any atom is -0.495 e. The fourth-order valence-corrected chi connectivity index (χ4v) is 2.39. The van der Waals surface area contributed by atoms with Crippen molar-refractivity contribution in [1.29, 1.82) is 0 Å². The maximum absolute atomic E-state index is 12.1. The van der Waals surface area contributed by atoms with Gasteiger partial charge in [-0.05, 0) is 42.0 Å². The highest BCUT2D eigenvalue weighted by molar-refractivity contribution is 6.32. The van der Waals surface area contributed by atoms with Crippen LogP contribution in [0.4, 0.5) is 5.69 Å². The summed E-state index contributed by atoms with van der Waals surface area (Å²) in [6.45, 7) is 1.30. The lowest BCUT2D eigenvalue weighted by molar-refractivity contribution is -0.132. The largest absolute Gasteiger partial charge is 0.495 e. The number of hydrogen-bond acceptors (Lipinski definition) is 5. The summed E-state index contributed by atoms with van der Waals surface area (Å²) in [5.74, 6) is 0.435. The zero-order valence-corrected chi connectivity index (χ0v) is 15.3. The maximum Gasteiger partial charge on any atom is 0.308 e. The van der Waals surface area contributed by atoms with Gasteiger partial charge in [-0.2, -0.15) is 0 Å². The van der Waals surface area contributed by atoms with E-state index in [0.29, 0.717) is 27.8 Å². The summed E-state index contributed by atoms with van der Waals surface area (Å²) in [5, 5.41) is 3.10. The Morgan fingerprint density at radius 2 is 1.69 bits per heavy atom. The molecule has 0 aromatic heterocycles. The number of benzene rings is 2. The van der Waals surface area contributed by atoms with Crippen molar-refractivity contribution < 1.29 is 23.8 Å². The third kappa shape index (κ3) is 5.26. The lowest BCUT2D eigenvalue weighted by atomic mass is 10.2. The number of anilines is 1. The van der Waals surface area contributed by atoms with Crippen LogP contribution in [0.3, 0.4) is 0 Å². The smallest absolute Gasteiger partial charge is 0.308 e. The van der Waals surface area contributed by atoms with Crippen LogP contribution in [-0.2, 0) is 9.59 Å². The van der Waals surface area contributed by atoms with Crippen molar-refractivity contribution in [3.05, 3.63) is 53.1 Å². The van der Waals surface area contributed by atoms with E-state index in [1.54, 1.807) is 42.5 Å². The molecule has 0 saturated heterocycles. The number of esters is 1. The van der Waals surface area contributed by atoms with Crippen molar-refractivity contribution in [2.75, 3.05) is 19.5 Å². The third-order valence-electron chi connectivity index (χ3n) is 3.29. The van der Waals surface area contributed by atoms with E-state index in [9.17, 15) is 9.59 Å². The van der Waals surface area contributed by atoms with Gasteiger partial charge in [-0.15, -0.1) is 0 Å². The molecule has 0 saturated carbocycles. The Labute approximate surface area is 156 Å². The lowest BCUT2D eigenvalue weighted by Gasteiger charge is -2.08. The molecule has 0 fully saturated rings. The van der Waals surface area contributed by atoms with Gasteiger partial charge in [0, 0.05) is 18.7 Å². The van der Waals surface area contributed by atoms with Crippen molar-refractivity contribution in [2.45, 2.75) is 6.92 Å². The molecule has 0 unspecified atom stereocenters. The number of amides is 1. The van der Waals surface area contributed by atoms with E-state index in [1.807, 2.05) is 0 Å². The molecule has 1 N–H and O–H groups in total. The molecule has 7 heteroatoms. The molecule has 0 spiro atoms. The number of halogens is 1. The Bertz CT molecular complexity index is 848. The molecule has 0 bridgehead atoms. The summed E-state index contributed by atoms with van der Waals surface area (Å²) >= 11 is 6.03. The summed E-state index contributed by atoms with van der Waals surface area (Å²) in [4.78, 5) is 23.2. The second kappa shape index (κ2) is 8.92. The highest BCUT2D eigenvalue weighted by atomic mass is 35.5. The van der Waals surface area contributed by atoms with E-state index >= 15 is 0 Å². The summed E-state index contributed by atoms with van der Waals surface area (Å²) < 4.78 is 15.3. The molecule has 0 aliphatic rings. The number of ether oxygens (including phenoxy) is 3. The van der Waals surface area contributed by atoms with Gasteiger partial charge in [0.25, 0.3) is 0 Å². The van der Waals surface area contributed by atoms with E-state index in [0.717, 1.165) is 0 Å². The van der Waals surface area contributed by atoms with Gasteiger partial charge >= 0.3 is 5.97 Å². The highest BCUT2D eigenvalue weighted by Gasteiger charge is 2.08. The molecule has 2 aromatic carbocycles. The molecule has 6 nitrogen and oxygen atoms in total. The van der Waals surface area contributed by atoms with Crippen LogP contribution in [0.1, 0.15) is 12.5 Å². The number of rotatable bonds is 6. The molecular formula is C19H18ClNO5. The number of methoxy groups -OCH3 is 2. The molecule has 1 amide bonds. The predicted octanol–water partition coefficient (Wildman–Crippen LogP) is 3.93. The van der Waals surface area contributed by atoms with Gasteiger partial charge in [0.15, 0.2) is 11.5 Å². The van der Waals surface area contributed by atoms with Crippen molar-refractivity contribution >= 4 is 35.2 Å². The summed E-state index contributed by atoms with van der Waals surface area (Å²) in [5.41, 5.74) is 1.21. The van der Waals surface area contributed by atoms with Crippen LogP contribution in [0, 0.1) is 0 Å². The van der Waals surface area contributed by atoms with E-state index in [2.05, 4.69) is 5.32 Å². The molecule has 136 valence electrons. The van der Waals surface area contributed by atoms with E-state index in [4.69, 9.17) is 25.8 Å². The fraction of sp³-hybridized carbons (Fsp3) is 0.158. The first kappa shape index (κ1) is 19.3. The Balaban J connectivity index is 2.10. The SMILES string of the molecule is COc1ccc(NC(=O)/C=C/c2ccc(OC)c(OC(C)=O)c2)cc1Cl. The summed E-state index contributed by atoms with van der Waals surface area (Å²) in [6, 6.07) is 9.94. The van der Waals surface area contributed by atoms with Crippen molar-refractivity contribution in [2.24, 2.45) is 0 Å². The van der Waals surface area contributed by atoms with Crippen LogP contribution in [0.25, 0.3) is 6.08 Å². The Hall–Kier alpha value is -2.99. The monoisotopic (exact) mass is 375 g/mol. The quantitative estimate of drug-likeness (QED) is 0.470. The molecular weight excluding hydrogens is 358 g/mol. The molecule has 0 heterocycles. The Morgan fingerprint density at radius 3 is 2.31 bits per heavy atom. The minimum absolute atomic E-state index is 0.282. The van der Waals surface area contributed by atoms with Gasteiger partial charge in [-0.25, -0.2) is 0 Å². The van der Waals surface area contributed by atoms with Gasteiger partial charge in [-0.3, -0.25) is 9.59 Å². The second-order valence-corrected chi connectivity index (χ2v) is 5.58. The number of carbonyl (C=O) groups is 2. The summed E-state index contributed by atoms with van der Waals surface area (Å²) in [6.07, 6.45) is 2.95. The molecule has 0 aliphatic heterocycles. The minimum atomic E-state index is -0.460. The van der Waals surface area contributed by atoms with Crippen LogP contribution in [0.15, 0.2) is 42.5 Å². The average molecular weight is 376 g/mol. The van der Waals surface area contributed by atoms with Crippen LogP contribution in [0.5, 0.6) is 17.2 Å². The standard InChI is InChI=1S/C19H18ClNO5/c1-12(22)26-18-10-13(4-7-17(18)25-3)5-9-19(23)21-14-6-8-16(24-2)15(20)11-14/h4-11H,1-3H3,(H,21,23)/b9-5+. The summed E-state index contributed by atoms with van der Waals surface area (Å²) in [7, 11) is 2.99. The van der Waals surface area contributed by atoms with Crippen LogP contribution >= 0.6 is 11.6 Å². The first-order valence-electron chi connectivity index (χ1n) is 7.62. The molecule has 2 aromatic rings. The van der Waals surface area contributed by atoms with Gasteiger partial charge in [0.05, 0.1) is 19.2 Å². The van der Waals surface area contributed by atoms with Crippen molar-refractivity contribution in [1.82, 2.24) is 0 Å². The van der Waals surface area contributed by atoms with E-state index < -0.39 is 5.97 Å². The van der Waals surface area contributed by atoms with Crippen LogP contribution in [-0.4, -0.2) is 26.1 Å². The fourth-order valence-electron chi connectivity index (χ4n) is 2.13. The van der Waals surface area contributed by atoms with Gasteiger partial charge in [-0.1, -0.05) is 17.7 Å². The van der Waals surface area contributed by atoms with Crippen LogP contribution in [0.2, 0.25) is 5.02 Å². The van der Waals surface area contributed by atoms with Crippen LogP contribution < -0.4 is 19.5 Å². The van der Waals surface area contributed by atoms with Crippen molar-refractivity contribution in [3.8, 4) is 17.2 Å².